The molecule has 0 saturated carbocycles. The molecule has 0 fully saturated rings. The summed E-state index contributed by atoms with van der Waals surface area (Å²) in [6, 6.07) is 6.86. The number of nitrogens with one attached hydrogen (secondary N) is 2. The van der Waals surface area contributed by atoms with Crippen molar-refractivity contribution in [3.05, 3.63) is 24.3 Å². The highest BCUT2D eigenvalue weighted by Crippen LogP contribution is 2.18. The Balaban J connectivity index is 2.61. The summed E-state index contributed by atoms with van der Waals surface area (Å²) < 4.78 is 15.8. The molecule has 9 nitrogen and oxygen atoms in total. The number of benzene rings is 1. The van der Waals surface area contributed by atoms with Crippen LogP contribution in [0.5, 0.6) is 5.75 Å². The van der Waals surface area contributed by atoms with Crippen LogP contribution in [0.25, 0.3) is 0 Å². The first-order valence-electron chi connectivity index (χ1n) is 9.99. The number of ether oxygens (including phenoxy) is 3. The van der Waals surface area contributed by atoms with Crippen LogP contribution in [0.4, 0.5) is 10.5 Å². The molecule has 1 rings (SSSR count). The maximum Gasteiger partial charge on any atom is 0.410 e. The van der Waals surface area contributed by atoms with Gasteiger partial charge in [0.25, 0.3) is 6.29 Å². The van der Waals surface area contributed by atoms with Crippen LogP contribution in [0.1, 0.15) is 39.5 Å². The van der Waals surface area contributed by atoms with Crippen molar-refractivity contribution in [2.24, 2.45) is 0 Å². The molecule has 0 aromatic heterocycles. The average Bonchev–Trinajstić information content (AvgIpc) is 2.70. The quantitative estimate of drug-likeness (QED) is 0.250. The van der Waals surface area contributed by atoms with Crippen molar-refractivity contribution < 1.29 is 33.4 Å². The molecule has 1 aromatic carbocycles. The normalized spacial score (nSPS) is 11.2. The molecule has 0 spiro atoms. The highest BCUT2D eigenvalue weighted by molar-refractivity contribution is 7.98. The number of Topliss-reactive ketones (excluding diaryl/α,β-unsaturated/α-hetero) is 1. The molecule has 0 aliphatic heterocycles. The van der Waals surface area contributed by atoms with Gasteiger partial charge in [0.2, 0.25) is 5.91 Å². The fourth-order valence-electron chi connectivity index (χ4n) is 2.28. The first-order chi connectivity index (χ1) is 14.8. The van der Waals surface area contributed by atoms with Gasteiger partial charge in [-0.3, -0.25) is 14.4 Å². The summed E-state index contributed by atoms with van der Waals surface area (Å²) in [6.45, 7) is 3.64. The Morgan fingerprint density at radius 2 is 1.94 bits per heavy atom. The van der Waals surface area contributed by atoms with E-state index in [-0.39, 0.29) is 24.7 Å². The molecule has 1 unspecified atom stereocenters. The van der Waals surface area contributed by atoms with Crippen molar-refractivity contribution in [3.63, 3.8) is 0 Å². The third-order valence-corrected chi connectivity index (χ3v) is 4.30. The molecular weight excluding hydrogens is 424 g/mol. The van der Waals surface area contributed by atoms with Gasteiger partial charge < -0.3 is 24.8 Å². The molecular formula is C21H30N2O7S. The second-order valence-corrected chi connectivity index (χ2v) is 7.57. The lowest BCUT2D eigenvalue weighted by Crippen LogP contribution is -2.33. The summed E-state index contributed by atoms with van der Waals surface area (Å²) in [5.41, 5.74) is 0.600. The predicted octanol–water partition coefficient (Wildman–Crippen LogP) is 3.13. The van der Waals surface area contributed by atoms with E-state index in [2.05, 4.69) is 10.6 Å². The van der Waals surface area contributed by atoms with E-state index in [1.165, 1.54) is 6.92 Å². The van der Waals surface area contributed by atoms with Gasteiger partial charge in [-0.1, -0.05) is 13.0 Å². The second kappa shape index (κ2) is 15.1. The van der Waals surface area contributed by atoms with Crippen LogP contribution in [0.15, 0.2) is 24.3 Å². The Morgan fingerprint density at radius 3 is 2.61 bits per heavy atom. The third-order valence-electron chi connectivity index (χ3n) is 3.69. The third kappa shape index (κ3) is 12.5. The minimum Gasteiger partial charge on any atom is -0.493 e. The number of carbonyl (C=O) groups excluding carboxylic acids is 4. The number of ketones is 1. The molecule has 0 saturated heterocycles. The molecule has 1 atom stereocenters. The molecule has 0 radical (unpaired) electrons. The molecule has 1 aromatic rings. The molecule has 2 N–H and O–H groups in total. The zero-order valence-corrected chi connectivity index (χ0v) is 18.9. The van der Waals surface area contributed by atoms with Crippen molar-refractivity contribution in [2.45, 2.75) is 45.8 Å². The number of esters is 1. The predicted molar refractivity (Wildman–Crippen MR) is 118 cm³/mol. The van der Waals surface area contributed by atoms with E-state index in [9.17, 15) is 19.2 Å². The van der Waals surface area contributed by atoms with Gasteiger partial charge in [-0.05, 0) is 31.7 Å². The van der Waals surface area contributed by atoms with Gasteiger partial charge in [-0.2, -0.15) is 11.8 Å². The van der Waals surface area contributed by atoms with E-state index in [4.69, 9.17) is 14.2 Å². The van der Waals surface area contributed by atoms with E-state index in [1.54, 1.807) is 36.0 Å². The largest absolute Gasteiger partial charge is 0.493 e. The number of amides is 2. The number of rotatable bonds is 14. The molecule has 2 amide bonds. The summed E-state index contributed by atoms with van der Waals surface area (Å²) in [6.07, 6.45) is 0.802. The molecule has 172 valence electrons. The molecule has 0 bridgehead atoms. The average molecular weight is 455 g/mol. The van der Waals surface area contributed by atoms with Gasteiger partial charge in [0.05, 0.1) is 13.0 Å². The zero-order chi connectivity index (χ0) is 23.1. The number of carbonyl (C=O) groups is 4. The highest BCUT2D eigenvalue weighted by Gasteiger charge is 2.20. The van der Waals surface area contributed by atoms with Gasteiger partial charge in [-0.15, -0.1) is 0 Å². The van der Waals surface area contributed by atoms with Crippen LogP contribution in [0, 0.1) is 0 Å². The van der Waals surface area contributed by atoms with E-state index < -0.39 is 24.8 Å². The van der Waals surface area contributed by atoms with Crippen molar-refractivity contribution >= 4 is 41.2 Å². The van der Waals surface area contributed by atoms with Crippen LogP contribution in [0.2, 0.25) is 0 Å². The fraction of sp³-hybridized carbons (Fsp3) is 0.524. The number of hydrogen-bond donors (Lipinski definition) is 2. The second-order valence-electron chi connectivity index (χ2n) is 6.59. The maximum atomic E-state index is 11.9. The summed E-state index contributed by atoms with van der Waals surface area (Å²) in [4.78, 5) is 46.5. The fourth-order valence-corrected chi connectivity index (χ4v) is 2.67. The highest BCUT2D eigenvalue weighted by atomic mass is 32.2. The van der Waals surface area contributed by atoms with E-state index >= 15 is 0 Å². The van der Waals surface area contributed by atoms with Crippen LogP contribution >= 0.6 is 11.8 Å². The van der Waals surface area contributed by atoms with Crippen LogP contribution < -0.4 is 15.4 Å². The summed E-state index contributed by atoms with van der Waals surface area (Å²) in [5.74, 6) is 0.00217. The van der Waals surface area contributed by atoms with E-state index in [0.717, 1.165) is 12.2 Å². The lowest BCUT2D eigenvalue weighted by atomic mass is 10.3. The number of alkyl carbamates (subject to hydrolysis) is 1. The van der Waals surface area contributed by atoms with Crippen molar-refractivity contribution in [2.75, 3.05) is 30.5 Å². The topological polar surface area (TPSA) is 120 Å². The first kappa shape index (κ1) is 26.3. The Hall–Kier alpha value is -2.75. The minimum atomic E-state index is -1.20. The Kier molecular flexibility index (Phi) is 12.8. The van der Waals surface area contributed by atoms with Gasteiger partial charge in [0, 0.05) is 30.5 Å². The monoisotopic (exact) mass is 454 g/mol. The zero-order valence-electron chi connectivity index (χ0n) is 18.1. The van der Waals surface area contributed by atoms with Gasteiger partial charge in [-0.25, -0.2) is 4.79 Å². The summed E-state index contributed by atoms with van der Waals surface area (Å²) >= 11 is 1.59. The van der Waals surface area contributed by atoms with E-state index in [0.29, 0.717) is 24.4 Å². The summed E-state index contributed by atoms with van der Waals surface area (Å²) in [7, 11) is 0. The minimum absolute atomic E-state index is 0.0630. The van der Waals surface area contributed by atoms with Crippen LogP contribution in [-0.4, -0.2) is 55.2 Å². The van der Waals surface area contributed by atoms with Gasteiger partial charge in [0.15, 0.2) is 0 Å². The molecule has 10 heteroatoms. The Bertz CT molecular complexity index is 742. The van der Waals surface area contributed by atoms with Crippen LogP contribution in [0.3, 0.4) is 0 Å². The number of thioether (sulfide) groups is 1. The smallest absolute Gasteiger partial charge is 0.410 e. The maximum absolute atomic E-state index is 11.9. The van der Waals surface area contributed by atoms with Crippen molar-refractivity contribution in [3.8, 4) is 5.75 Å². The van der Waals surface area contributed by atoms with Gasteiger partial charge >= 0.3 is 12.1 Å². The van der Waals surface area contributed by atoms with Crippen molar-refractivity contribution in [1.29, 1.82) is 0 Å². The number of hydrogen-bond acceptors (Lipinski definition) is 8. The molecule has 0 heterocycles. The molecule has 0 aliphatic rings. The lowest BCUT2D eigenvalue weighted by Gasteiger charge is -2.18. The standard InChI is InChI=1S/C21H30N2O7S/c1-4-10-22-21(27)30-20(29-19(26)13-15(2)24)8-11-28-17-7-5-6-16(14-17)23-18(25)9-12-31-3/h5-7,14,20H,4,8-13H2,1-3H3,(H,22,27)(H,23,25). The summed E-state index contributed by atoms with van der Waals surface area (Å²) in [5, 5.41) is 5.32. The van der Waals surface area contributed by atoms with Crippen LogP contribution in [-0.2, 0) is 23.9 Å². The van der Waals surface area contributed by atoms with Gasteiger partial charge in [0.1, 0.15) is 18.0 Å². The van der Waals surface area contributed by atoms with E-state index in [1.807, 2.05) is 13.2 Å². The number of anilines is 1. The van der Waals surface area contributed by atoms with Crippen molar-refractivity contribution in [1.82, 2.24) is 5.32 Å². The first-order valence-corrected chi connectivity index (χ1v) is 11.4. The Labute approximate surface area is 186 Å². The molecule has 0 aliphatic carbocycles. The molecule has 31 heavy (non-hydrogen) atoms. The SMILES string of the molecule is CCCNC(=O)OC(CCOc1cccc(NC(=O)CCSC)c1)OC(=O)CC(C)=O. The lowest BCUT2D eigenvalue weighted by molar-refractivity contribution is -0.169. The Morgan fingerprint density at radius 1 is 1.16 bits per heavy atom.